The molecule has 0 amide bonds. The van der Waals surface area contributed by atoms with Gasteiger partial charge in [-0.15, -0.1) is 0 Å². The first-order valence-corrected chi connectivity index (χ1v) is 6.24. The molecular formula is C13H21N3OS. The van der Waals surface area contributed by atoms with E-state index in [-0.39, 0.29) is 0 Å². The highest BCUT2D eigenvalue weighted by Gasteiger charge is 2.20. The molecule has 3 N–H and O–H groups in total. The molecule has 0 aliphatic heterocycles. The predicted molar refractivity (Wildman–Crippen MR) is 79.2 cm³/mol. The van der Waals surface area contributed by atoms with Gasteiger partial charge in [-0.25, -0.2) is 0 Å². The Bertz CT molecular complexity index is 466. The average Bonchev–Trinajstić information content (AvgIpc) is 2.12. The van der Waals surface area contributed by atoms with Crippen molar-refractivity contribution in [2.45, 2.75) is 33.3 Å². The average molecular weight is 267 g/mol. The minimum atomic E-state index is -0.784. The maximum Gasteiger partial charge on any atom is 0.107 e. The van der Waals surface area contributed by atoms with E-state index < -0.39 is 5.60 Å². The molecule has 1 aromatic rings. The Morgan fingerprint density at radius 2 is 2.06 bits per heavy atom. The highest BCUT2D eigenvalue weighted by molar-refractivity contribution is 7.80. The van der Waals surface area contributed by atoms with Gasteiger partial charge in [0.05, 0.1) is 16.9 Å². The molecule has 18 heavy (non-hydrogen) atoms. The summed E-state index contributed by atoms with van der Waals surface area (Å²) in [6.45, 7) is 7.85. The molecule has 0 saturated heterocycles. The molecule has 1 rings (SSSR count). The van der Waals surface area contributed by atoms with Crippen LogP contribution < -0.4 is 10.6 Å². The second-order valence-electron chi connectivity index (χ2n) is 5.28. The number of aliphatic hydroxyl groups is 1. The second-order valence-corrected chi connectivity index (χ2v) is 5.72. The molecule has 0 unspecified atom stereocenters. The van der Waals surface area contributed by atoms with Gasteiger partial charge >= 0.3 is 0 Å². The monoisotopic (exact) mass is 267 g/mol. The number of thiocarbonyl (C=S) groups is 1. The molecule has 0 atom stereocenters. The molecule has 0 fully saturated rings. The van der Waals surface area contributed by atoms with E-state index >= 15 is 0 Å². The third kappa shape index (κ3) is 3.65. The van der Waals surface area contributed by atoms with Gasteiger partial charge in [0.15, 0.2) is 0 Å². The summed E-state index contributed by atoms with van der Waals surface area (Å²) in [6, 6.07) is 1.94. The van der Waals surface area contributed by atoms with Crippen LogP contribution in [0.5, 0.6) is 0 Å². The van der Waals surface area contributed by atoms with E-state index in [0.29, 0.717) is 11.5 Å². The normalized spacial score (nSPS) is 11.4. The maximum atomic E-state index is 9.90. The van der Waals surface area contributed by atoms with Crippen LogP contribution in [0.25, 0.3) is 0 Å². The molecule has 1 aromatic heterocycles. The highest BCUT2D eigenvalue weighted by Crippen LogP contribution is 2.24. The Balaban J connectivity index is 3.26. The van der Waals surface area contributed by atoms with E-state index in [9.17, 15) is 5.11 Å². The van der Waals surface area contributed by atoms with Crippen LogP contribution in [0.4, 0.5) is 5.69 Å². The molecule has 0 saturated carbocycles. The Hall–Kier alpha value is -1.20. The fraction of sp³-hybridized carbons (Fsp3) is 0.538. The zero-order chi connectivity index (χ0) is 14.1. The summed E-state index contributed by atoms with van der Waals surface area (Å²) in [5.41, 5.74) is 8.40. The van der Waals surface area contributed by atoms with E-state index in [0.717, 1.165) is 22.6 Å². The first kappa shape index (κ1) is 14.9. The number of aryl methyl sites for hydroxylation is 2. The van der Waals surface area contributed by atoms with Gasteiger partial charge in [-0.1, -0.05) is 12.2 Å². The van der Waals surface area contributed by atoms with Crippen molar-refractivity contribution in [2.24, 2.45) is 5.73 Å². The number of hydrogen-bond donors (Lipinski definition) is 2. The predicted octanol–water partition coefficient (Wildman–Crippen LogP) is 1.54. The van der Waals surface area contributed by atoms with Crippen LogP contribution in [0.1, 0.15) is 30.8 Å². The number of hydrogen-bond acceptors (Lipinski definition) is 4. The van der Waals surface area contributed by atoms with Crippen LogP contribution in [0.2, 0.25) is 0 Å². The van der Waals surface area contributed by atoms with Crippen molar-refractivity contribution in [3.63, 3.8) is 0 Å². The molecule has 0 aliphatic rings. The van der Waals surface area contributed by atoms with Crippen LogP contribution in [-0.4, -0.2) is 34.3 Å². The Morgan fingerprint density at radius 3 is 2.50 bits per heavy atom. The van der Waals surface area contributed by atoms with E-state index in [1.54, 1.807) is 13.8 Å². The molecule has 0 radical (unpaired) electrons. The maximum absolute atomic E-state index is 9.90. The number of aromatic nitrogens is 1. The number of nitrogens with two attached hydrogens (primary N) is 1. The SMILES string of the molecule is Cc1cc(N(C)CC(C)(C)O)c(C(N)=S)c(C)n1. The molecule has 0 spiro atoms. The summed E-state index contributed by atoms with van der Waals surface area (Å²) >= 11 is 5.09. The van der Waals surface area contributed by atoms with E-state index in [1.165, 1.54) is 0 Å². The summed E-state index contributed by atoms with van der Waals surface area (Å²) in [7, 11) is 1.91. The smallest absolute Gasteiger partial charge is 0.107 e. The summed E-state index contributed by atoms with van der Waals surface area (Å²) in [5, 5.41) is 9.90. The van der Waals surface area contributed by atoms with E-state index in [1.807, 2.05) is 31.9 Å². The molecule has 0 aliphatic carbocycles. The van der Waals surface area contributed by atoms with Gasteiger partial charge in [-0.2, -0.15) is 0 Å². The third-order valence-electron chi connectivity index (χ3n) is 2.59. The van der Waals surface area contributed by atoms with Crippen LogP contribution in [0, 0.1) is 13.8 Å². The van der Waals surface area contributed by atoms with Gasteiger partial charge in [-0.05, 0) is 33.8 Å². The topological polar surface area (TPSA) is 62.4 Å². The van der Waals surface area contributed by atoms with E-state index in [4.69, 9.17) is 18.0 Å². The van der Waals surface area contributed by atoms with Gasteiger partial charge < -0.3 is 15.7 Å². The zero-order valence-electron chi connectivity index (χ0n) is 11.6. The van der Waals surface area contributed by atoms with Crippen molar-refractivity contribution >= 4 is 22.9 Å². The highest BCUT2D eigenvalue weighted by atomic mass is 32.1. The zero-order valence-corrected chi connectivity index (χ0v) is 12.4. The lowest BCUT2D eigenvalue weighted by atomic mass is 10.1. The number of pyridine rings is 1. The fourth-order valence-electron chi connectivity index (χ4n) is 2.08. The van der Waals surface area contributed by atoms with Crippen molar-refractivity contribution in [1.29, 1.82) is 0 Å². The molecule has 0 bridgehead atoms. The van der Waals surface area contributed by atoms with E-state index in [2.05, 4.69) is 4.98 Å². The minimum absolute atomic E-state index is 0.331. The van der Waals surface area contributed by atoms with Crippen molar-refractivity contribution < 1.29 is 5.11 Å². The second kappa shape index (κ2) is 5.20. The summed E-state index contributed by atoms with van der Waals surface area (Å²) in [4.78, 5) is 6.66. The summed E-state index contributed by atoms with van der Waals surface area (Å²) in [5.74, 6) is 0. The Kier molecular flexibility index (Phi) is 4.29. The third-order valence-corrected chi connectivity index (χ3v) is 2.79. The number of rotatable bonds is 4. The van der Waals surface area contributed by atoms with Crippen molar-refractivity contribution in [3.05, 3.63) is 23.0 Å². The summed E-state index contributed by atoms with van der Waals surface area (Å²) in [6.07, 6.45) is 0. The first-order valence-electron chi connectivity index (χ1n) is 5.83. The number of nitrogens with zero attached hydrogens (tertiary/aromatic N) is 2. The Morgan fingerprint density at radius 1 is 1.50 bits per heavy atom. The van der Waals surface area contributed by atoms with Crippen LogP contribution in [0.3, 0.4) is 0 Å². The lowest BCUT2D eigenvalue weighted by Crippen LogP contribution is -2.37. The van der Waals surface area contributed by atoms with Gasteiger partial charge in [0.2, 0.25) is 0 Å². The van der Waals surface area contributed by atoms with Gasteiger partial charge in [0, 0.05) is 25.0 Å². The molecule has 5 heteroatoms. The largest absolute Gasteiger partial charge is 0.389 e. The fourth-order valence-corrected chi connectivity index (χ4v) is 2.33. The van der Waals surface area contributed by atoms with Crippen LogP contribution >= 0.6 is 12.2 Å². The van der Waals surface area contributed by atoms with Crippen molar-refractivity contribution in [3.8, 4) is 0 Å². The number of anilines is 1. The Labute approximate surface area is 114 Å². The standard InChI is InChI=1S/C13H21N3OS/c1-8-6-10(16(5)7-13(3,4)17)11(12(14)18)9(2)15-8/h6,17H,7H2,1-5H3,(H2,14,18). The summed E-state index contributed by atoms with van der Waals surface area (Å²) < 4.78 is 0. The lowest BCUT2D eigenvalue weighted by Gasteiger charge is -2.29. The molecule has 4 nitrogen and oxygen atoms in total. The minimum Gasteiger partial charge on any atom is -0.389 e. The first-order chi connectivity index (χ1) is 8.11. The lowest BCUT2D eigenvalue weighted by molar-refractivity contribution is 0.0886. The quantitative estimate of drug-likeness (QED) is 0.810. The van der Waals surface area contributed by atoms with Crippen LogP contribution in [-0.2, 0) is 0 Å². The van der Waals surface area contributed by atoms with Gasteiger partial charge in [0.25, 0.3) is 0 Å². The van der Waals surface area contributed by atoms with Gasteiger partial charge in [0.1, 0.15) is 4.99 Å². The number of likely N-dealkylation sites (N-methyl/N-ethyl adjacent to an activating group) is 1. The molecular weight excluding hydrogens is 246 g/mol. The molecule has 1 heterocycles. The van der Waals surface area contributed by atoms with Crippen molar-refractivity contribution in [2.75, 3.05) is 18.5 Å². The van der Waals surface area contributed by atoms with Gasteiger partial charge in [-0.3, -0.25) is 4.98 Å². The molecule has 0 aromatic carbocycles. The van der Waals surface area contributed by atoms with Crippen LogP contribution in [0.15, 0.2) is 6.07 Å². The van der Waals surface area contributed by atoms with Crippen molar-refractivity contribution in [1.82, 2.24) is 4.98 Å². The molecule has 100 valence electrons.